The van der Waals surface area contributed by atoms with E-state index in [1.807, 2.05) is 13.8 Å². The first-order valence-electron chi connectivity index (χ1n) is 14.5. The van der Waals surface area contributed by atoms with E-state index in [9.17, 15) is 37.0 Å². The number of aromatic nitrogens is 1. The van der Waals surface area contributed by atoms with Crippen LogP contribution in [0.3, 0.4) is 0 Å². The Morgan fingerprint density at radius 2 is 1.45 bits per heavy atom. The van der Waals surface area contributed by atoms with Crippen LogP contribution in [0.15, 0.2) is 83.8 Å². The number of aliphatic hydroxyl groups excluding tert-OH is 2. The number of nitrogens with one attached hydrogen (secondary N) is 1. The number of rotatable bonds is 12. The molecule has 10 nitrogen and oxygen atoms in total. The van der Waals surface area contributed by atoms with Gasteiger partial charge in [-0.15, -0.1) is 0 Å². The van der Waals surface area contributed by atoms with Gasteiger partial charge in [0.15, 0.2) is 0 Å². The summed E-state index contributed by atoms with van der Waals surface area (Å²) in [7, 11) is -2.78. The Bertz CT molecular complexity index is 1870. The Morgan fingerprint density at radius 3 is 1.94 bits per heavy atom. The Hall–Kier alpha value is -4.69. The smallest absolute Gasteiger partial charge is 0.308 e. The number of hydrogen-bond acceptors (Lipinski definition) is 7. The van der Waals surface area contributed by atoms with Gasteiger partial charge in [-0.3, -0.25) is 9.59 Å². The van der Waals surface area contributed by atoms with Crippen molar-refractivity contribution in [3.63, 3.8) is 0 Å². The van der Waals surface area contributed by atoms with E-state index in [2.05, 4.69) is 10.1 Å². The van der Waals surface area contributed by atoms with Crippen LogP contribution in [-0.4, -0.2) is 54.4 Å². The van der Waals surface area contributed by atoms with Gasteiger partial charge in [-0.25, -0.2) is 22.3 Å². The molecule has 2 atom stereocenters. The molecule has 0 bridgehead atoms. The number of carbonyl (C=O) groups excluding carboxylic acids is 2. The number of halogens is 2. The van der Waals surface area contributed by atoms with Crippen molar-refractivity contribution >= 4 is 33.7 Å². The maximum Gasteiger partial charge on any atom is 0.308 e. The van der Waals surface area contributed by atoms with Gasteiger partial charge in [0.2, 0.25) is 10.0 Å². The van der Waals surface area contributed by atoms with E-state index < -0.39 is 45.7 Å². The predicted octanol–water partition coefficient (Wildman–Crippen LogP) is 5.27. The van der Waals surface area contributed by atoms with E-state index in [0.717, 1.165) is 0 Å². The van der Waals surface area contributed by atoms with E-state index in [4.69, 9.17) is 5.14 Å². The summed E-state index contributed by atoms with van der Waals surface area (Å²) in [5, 5.41) is 29.0. The minimum Gasteiger partial charge on any atom is -0.469 e. The van der Waals surface area contributed by atoms with Crippen LogP contribution in [-0.2, 0) is 19.6 Å². The molecule has 5 N–H and O–H groups in total. The Balaban J connectivity index is 1.94. The molecule has 47 heavy (non-hydrogen) atoms. The minimum absolute atomic E-state index is 0.140. The third-order valence-corrected chi connectivity index (χ3v) is 8.23. The number of carbonyl (C=O) groups is 2. The number of primary sulfonamides is 1. The highest BCUT2D eigenvalue weighted by atomic mass is 32.2. The molecule has 0 saturated heterocycles. The lowest BCUT2D eigenvalue weighted by molar-refractivity contribution is -0.143. The van der Waals surface area contributed by atoms with Crippen LogP contribution in [0.25, 0.3) is 28.3 Å². The molecular weight excluding hydrogens is 632 g/mol. The molecule has 0 fully saturated rings. The molecule has 1 aromatic heterocycles. The van der Waals surface area contributed by atoms with Gasteiger partial charge < -0.3 is 24.8 Å². The van der Waals surface area contributed by atoms with Crippen LogP contribution in [0, 0.1) is 11.6 Å². The first-order valence-corrected chi connectivity index (χ1v) is 16.1. The Morgan fingerprint density at radius 1 is 0.915 bits per heavy atom. The van der Waals surface area contributed by atoms with Gasteiger partial charge in [0.05, 0.1) is 30.6 Å². The van der Waals surface area contributed by atoms with Gasteiger partial charge in [-0.2, -0.15) is 0 Å². The SMILES string of the molecule is COC(=O)C[C@H](O)C[C@@H](O)/C=C/c1c(-c2ccc(F)cc2)c(-c2ccc(F)cc2)c(C(=O)Nc2ccc(S(N)(=O)=O)cc2)n1C(C)C. The number of esters is 1. The molecule has 248 valence electrons. The van der Waals surface area contributed by atoms with Crippen molar-refractivity contribution in [1.82, 2.24) is 4.57 Å². The highest BCUT2D eigenvalue weighted by Crippen LogP contribution is 2.43. The molecule has 0 aliphatic heterocycles. The molecule has 0 radical (unpaired) electrons. The molecule has 1 heterocycles. The molecule has 0 aliphatic rings. The number of methoxy groups -OCH3 is 1. The first kappa shape index (κ1) is 35.2. The third-order valence-electron chi connectivity index (χ3n) is 7.30. The maximum atomic E-state index is 14.2. The highest BCUT2D eigenvalue weighted by molar-refractivity contribution is 7.89. The second-order valence-corrected chi connectivity index (χ2v) is 12.6. The number of nitrogens with two attached hydrogens (primary N) is 1. The zero-order valence-corrected chi connectivity index (χ0v) is 26.7. The lowest BCUT2D eigenvalue weighted by atomic mass is 9.94. The largest absolute Gasteiger partial charge is 0.469 e. The van der Waals surface area contributed by atoms with Crippen molar-refractivity contribution < 1.29 is 41.7 Å². The molecule has 0 spiro atoms. The van der Waals surface area contributed by atoms with Gasteiger partial charge in [0.1, 0.15) is 17.3 Å². The number of nitrogens with zero attached hydrogens (tertiary/aromatic N) is 1. The van der Waals surface area contributed by atoms with Gasteiger partial charge in [-0.05, 0) is 79.6 Å². The lowest BCUT2D eigenvalue weighted by Gasteiger charge is -2.17. The van der Waals surface area contributed by atoms with Crippen LogP contribution < -0.4 is 10.5 Å². The Labute approximate surface area is 271 Å². The molecule has 4 aromatic rings. The zero-order valence-electron chi connectivity index (χ0n) is 25.9. The molecule has 13 heteroatoms. The van der Waals surface area contributed by atoms with Crippen LogP contribution in [0.4, 0.5) is 14.5 Å². The number of sulfonamides is 1. The average molecular weight is 668 g/mol. The number of benzene rings is 3. The molecule has 3 aromatic carbocycles. The first-order chi connectivity index (χ1) is 22.2. The zero-order chi connectivity index (χ0) is 34.5. The lowest BCUT2D eigenvalue weighted by Crippen LogP contribution is -2.21. The predicted molar refractivity (Wildman–Crippen MR) is 174 cm³/mol. The normalized spacial score (nSPS) is 13.1. The third kappa shape index (κ3) is 8.57. The van der Waals surface area contributed by atoms with Crippen molar-refractivity contribution in [2.45, 2.75) is 49.8 Å². The van der Waals surface area contributed by atoms with E-state index in [1.54, 1.807) is 10.6 Å². The van der Waals surface area contributed by atoms with E-state index in [0.29, 0.717) is 27.9 Å². The fourth-order valence-electron chi connectivity index (χ4n) is 5.17. The fourth-order valence-corrected chi connectivity index (χ4v) is 5.69. The molecule has 0 aliphatic carbocycles. The number of aliphatic hydroxyl groups is 2. The summed E-state index contributed by atoms with van der Waals surface area (Å²) in [6, 6.07) is 16.0. The van der Waals surface area contributed by atoms with Crippen molar-refractivity contribution in [1.29, 1.82) is 0 Å². The number of ether oxygens (including phenoxy) is 1. The molecule has 1 amide bonds. The summed E-state index contributed by atoms with van der Waals surface area (Å²) in [5.74, 6) is -2.23. The topological polar surface area (TPSA) is 161 Å². The maximum absolute atomic E-state index is 14.2. The standard InChI is InChI=1S/C34H35F2N3O7S/c1-20(2)39-29(17-14-26(40)18-27(41)19-30(42)46-3)31(21-4-8-23(35)9-5-21)32(22-6-10-24(36)11-7-22)33(39)34(43)38-25-12-15-28(16-13-25)47(37,44)45/h4-17,20,26-27,40-41H,18-19H2,1-3H3,(H,38,43)(H2,37,44,45)/b17-14+/t26-,27+/m0/s1. The monoisotopic (exact) mass is 667 g/mol. The summed E-state index contributed by atoms with van der Waals surface area (Å²) in [6.07, 6.45) is 0.0689. The summed E-state index contributed by atoms with van der Waals surface area (Å²) >= 11 is 0. The van der Waals surface area contributed by atoms with Crippen molar-refractivity contribution in [3.05, 3.63) is 102 Å². The van der Waals surface area contributed by atoms with Crippen LogP contribution >= 0.6 is 0 Å². The van der Waals surface area contributed by atoms with Gasteiger partial charge >= 0.3 is 5.97 Å². The van der Waals surface area contributed by atoms with Gasteiger partial charge in [0, 0.05) is 35.0 Å². The summed E-state index contributed by atoms with van der Waals surface area (Å²) in [4.78, 5) is 25.6. The van der Waals surface area contributed by atoms with Crippen LogP contribution in [0.1, 0.15) is 48.9 Å². The Kier molecular flexibility index (Phi) is 11.1. The number of hydrogen-bond donors (Lipinski definition) is 4. The van der Waals surface area contributed by atoms with Crippen LogP contribution in [0.2, 0.25) is 0 Å². The summed E-state index contributed by atoms with van der Waals surface area (Å²) in [6.45, 7) is 3.66. The second kappa shape index (κ2) is 14.8. The summed E-state index contributed by atoms with van der Waals surface area (Å²) in [5.41, 5.74) is 2.66. The number of anilines is 1. The molecular formula is C34H35F2N3O7S. The minimum atomic E-state index is -3.97. The summed E-state index contributed by atoms with van der Waals surface area (Å²) < 4.78 is 57.9. The van der Waals surface area contributed by atoms with Crippen molar-refractivity contribution in [2.24, 2.45) is 5.14 Å². The van der Waals surface area contributed by atoms with E-state index in [1.165, 1.54) is 86.0 Å². The quantitative estimate of drug-likeness (QED) is 0.150. The molecule has 0 unspecified atom stereocenters. The second-order valence-electron chi connectivity index (χ2n) is 11.1. The van der Waals surface area contributed by atoms with E-state index in [-0.39, 0.29) is 35.2 Å². The molecule has 0 saturated carbocycles. The fraction of sp³-hybridized carbons (Fsp3) is 0.235. The van der Waals surface area contributed by atoms with Gasteiger partial charge in [-0.1, -0.05) is 30.3 Å². The average Bonchev–Trinajstić information content (AvgIpc) is 3.36. The molecule has 4 rings (SSSR count). The van der Waals surface area contributed by atoms with E-state index >= 15 is 0 Å². The highest BCUT2D eigenvalue weighted by Gasteiger charge is 2.30. The number of amides is 1. The van der Waals surface area contributed by atoms with Crippen molar-refractivity contribution in [2.75, 3.05) is 12.4 Å². The van der Waals surface area contributed by atoms with Gasteiger partial charge in [0.25, 0.3) is 5.91 Å². The van der Waals surface area contributed by atoms with Crippen molar-refractivity contribution in [3.8, 4) is 22.3 Å². The van der Waals surface area contributed by atoms with Crippen LogP contribution in [0.5, 0.6) is 0 Å².